The fourth-order valence-electron chi connectivity index (χ4n) is 0.763. The maximum Gasteiger partial charge on any atom is 0.244 e. The number of amides is 1. The number of primary amides is 1. The van der Waals surface area contributed by atoms with Gasteiger partial charge in [-0.05, 0) is 25.9 Å². The highest BCUT2D eigenvalue weighted by Gasteiger charge is 1.98. The van der Waals surface area contributed by atoms with E-state index in [9.17, 15) is 4.79 Å². The van der Waals surface area contributed by atoms with Crippen molar-refractivity contribution >= 4 is 5.91 Å². The summed E-state index contributed by atoms with van der Waals surface area (Å²) in [5.41, 5.74) is 5.48. The van der Waals surface area contributed by atoms with E-state index in [0.29, 0.717) is 5.57 Å². The van der Waals surface area contributed by atoms with E-state index in [0.717, 1.165) is 32.4 Å². The summed E-state index contributed by atoms with van der Waals surface area (Å²) in [5, 5.41) is 3.11. The molecule has 0 aromatic carbocycles. The molecule has 0 aromatic heterocycles. The number of carbonyl (C=O) groups is 1. The van der Waals surface area contributed by atoms with Gasteiger partial charge in [-0.25, -0.2) is 0 Å². The molecule has 0 saturated heterocycles. The van der Waals surface area contributed by atoms with Crippen LogP contribution in [-0.2, 0) is 4.79 Å². The van der Waals surface area contributed by atoms with Crippen LogP contribution in [0.1, 0.15) is 40.0 Å². The van der Waals surface area contributed by atoms with Crippen LogP contribution in [0.5, 0.6) is 0 Å². The molecule has 0 spiro atoms. The molecular formula is C11H24N2O. The standard InChI is InChI=1S/C7H13NO.C4H11N/c1-3-4-5-6(2)7(8)9;1-3-5-4-2/h2-5H2,1H3,(H2,8,9);5H,3-4H2,1-2H3. The predicted octanol–water partition coefficient (Wildman–Crippen LogP) is 1.83. The average molecular weight is 200 g/mol. The van der Waals surface area contributed by atoms with Gasteiger partial charge in [0.15, 0.2) is 0 Å². The van der Waals surface area contributed by atoms with Crippen LogP contribution in [-0.4, -0.2) is 19.0 Å². The SMILES string of the molecule is C=C(CCCC)C(N)=O.CCNCC. The van der Waals surface area contributed by atoms with Crippen molar-refractivity contribution in [3.8, 4) is 0 Å². The molecule has 0 atom stereocenters. The van der Waals surface area contributed by atoms with Gasteiger partial charge in [-0.2, -0.15) is 0 Å². The highest BCUT2D eigenvalue weighted by Crippen LogP contribution is 2.02. The largest absolute Gasteiger partial charge is 0.366 e. The van der Waals surface area contributed by atoms with Crippen LogP contribution in [0.15, 0.2) is 12.2 Å². The molecule has 0 bridgehead atoms. The zero-order valence-corrected chi connectivity index (χ0v) is 9.73. The number of rotatable bonds is 6. The second-order valence-corrected chi connectivity index (χ2v) is 3.03. The Bertz CT molecular complexity index is 153. The Hall–Kier alpha value is -0.830. The van der Waals surface area contributed by atoms with Gasteiger partial charge in [0.05, 0.1) is 0 Å². The zero-order valence-electron chi connectivity index (χ0n) is 9.73. The lowest BCUT2D eigenvalue weighted by atomic mass is 10.1. The average Bonchev–Trinajstić information content (AvgIpc) is 2.16. The van der Waals surface area contributed by atoms with Gasteiger partial charge in [0, 0.05) is 5.57 Å². The minimum Gasteiger partial charge on any atom is -0.366 e. The summed E-state index contributed by atoms with van der Waals surface area (Å²) in [4.78, 5) is 10.3. The molecule has 3 heteroatoms. The maximum atomic E-state index is 10.3. The van der Waals surface area contributed by atoms with Crippen molar-refractivity contribution < 1.29 is 4.79 Å². The topological polar surface area (TPSA) is 55.1 Å². The van der Waals surface area contributed by atoms with Gasteiger partial charge in [-0.15, -0.1) is 0 Å². The van der Waals surface area contributed by atoms with Crippen LogP contribution in [0.2, 0.25) is 0 Å². The molecule has 0 aliphatic heterocycles. The minimum absolute atomic E-state index is 0.372. The maximum absolute atomic E-state index is 10.3. The predicted molar refractivity (Wildman–Crippen MR) is 62.1 cm³/mol. The summed E-state index contributed by atoms with van der Waals surface area (Å²) in [7, 11) is 0. The smallest absolute Gasteiger partial charge is 0.244 e. The van der Waals surface area contributed by atoms with Crippen molar-refractivity contribution in [3.05, 3.63) is 12.2 Å². The molecule has 0 heterocycles. The summed E-state index contributed by atoms with van der Waals surface area (Å²) in [6.07, 6.45) is 2.82. The van der Waals surface area contributed by atoms with Crippen LogP contribution in [0, 0.1) is 0 Å². The molecule has 84 valence electrons. The molecule has 3 N–H and O–H groups in total. The quantitative estimate of drug-likeness (QED) is 0.643. The van der Waals surface area contributed by atoms with Crippen LogP contribution >= 0.6 is 0 Å². The molecular weight excluding hydrogens is 176 g/mol. The Morgan fingerprint density at radius 2 is 1.79 bits per heavy atom. The first kappa shape index (κ1) is 15.6. The molecule has 0 aliphatic carbocycles. The van der Waals surface area contributed by atoms with Gasteiger partial charge < -0.3 is 11.1 Å². The molecule has 0 fully saturated rings. The third kappa shape index (κ3) is 13.7. The Kier molecular flexibility index (Phi) is 13.6. The normalized spacial score (nSPS) is 8.79. The van der Waals surface area contributed by atoms with Crippen molar-refractivity contribution in [2.45, 2.75) is 40.0 Å². The lowest BCUT2D eigenvalue weighted by Crippen LogP contribution is -2.12. The zero-order chi connectivity index (χ0) is 11.4. The molecule has 14 heavy (non-hydrogen) atoms. The van der Waals surface area contributed by atoms with Gasteiger partial charge in [0.1, 0.15) is 0 Å². The summed E-state index contributed by atoms with van der Waals surface area (Å²) < 4.78 is 0. The molecule has 0 rings (SSSR count). The monoisotopic (exact) mass is 200 g/mol. The lowest BCUT2D eigenvalue weighted by Gasteiger charge is -1.96. The Morgan fingerprint density at radius 1 is 1.29 bits per heavy atom. The third-order valence-electron chi connectivity index (χ3n) is 1.68. The van der Waals surface area contributed by atoms with Crippen LogP contribution < -0.4 is 11.1 Å². The van der Waals surface area contributed by atoms with Crippen LogP contribution in [0.4, 0.5) is 0 Å². The van der Waals surface area contributed by atoms with Gasteiger partial charge >= 0.3 is 0 Å². The number of nitrogens with one attached hydrogen (secondary N) is 1. The fraction of sp³-hybridized carbons (Fsp3) is 0.727. The number of unbranched alkanes of at least 4 members (excludes halogenated alkanes) is 1. The Balaban J connectivity index is 0. The molecule has 0 aromatic rings. The van der Waals surface area contributed by atoms with Crippen molar-refractivity contribution in [1.82, 2.24) is 5.32 Å². The van der Waals surface area contributed by atoms with Gasteiger partial charge in [-0.1, -0.05) is 33.8 Å². The van der Waals surface area contributed by atoms with Crippen molar-refractivity contribution in [3.63, 3.8) is 0 Å². The highest BCUT2D eigenvalue weighted by molar-refractivity contribution is 5.91. The van der Waals surface area contributed by atoms with E-state index in [1.54, 1.807) is 0 Å². The van der Waals surface area contributed by atoms with E-state index in [4.69, 9.17) is 5.73 Å². The first-order valence-electron chi connectivity index (χ1n) is 5.28. The summed E-state index contributed by atoms with van der Waals surface area (Å²) in [6.45, 7) is 12.0. The summed E-state index contributed by atoms with van der Waals surface area (Å²) in [5.74, 6) is -0.372. The number of carbonyl (C=O) groups excluding carboxylic acids is 1. The molecule has 0 radical (unpaired) electrons. The van der Waals surface area contributed by atoms with Crippen LogP contribution in [0.25, 0.3) is 0 Å². The third-order valence-corrected chi connectivity index (χ3v) is 1.68. The molecule has 0 unspecified atom stereocenters. The molecule has 0 aliphatic rings. The fourth-order valence-corrected chi connectivity index (χ4v) is 0.763. The van der Waals surface area contributed by atoms with Crippen LogP contribution in [0.3, 0.4) is 0 Å². The van der Waals surface area contributed by atoms with Gasteiger partial charge in [0.25, 0.3) is 0 Å². The first-order chi connectivity index (χ1) is 6.59. The van der Waals surface area contributed by atoms with Gasteiger partial charge in [-0.3, -0.25) is 4.79 Å². The number of hydrogen-bond donors (Lipinski definition) is 2. The van der Waals surface area contributed by atoms with E-state index in [1.165, 1.54) is 0 Å². The number of hydrogen-bond acceptors (Lipinski definition) is 2. The van der Waals surface area contributed by atoms with E-state index in [2.05, 4.69) is 32.7 Å². The summed E-state index contributed by atoms with van der Waals surface area (Å²) >= 11 is 0. The second kappa shape index (κ2) is 12.2. The molecule has 0 saturated carbocycles. The highest BCUT2D eigenvalue weighted by atomic mass is 16.1. The van der Waals surface area contributed by atoms with E-state index < -0.39 is 0 Å². The minimum atomic E-state index is -0.372. The van der Waals surface area contributed by atoms with Crippen molar-refractivity contribution in [2.24, 2.45) is 5.73 Å². The second-order valence-electron chi connectivity index (χ2n) is 3.03. The van der Waals surface area contributed by atoms with E-state index in [1.807, 2.05) is 0 Å². The van der Waals surface area contributed by atoms with Crippen molar-refractivity contribution in [2.75, 3.05) is 13.1 Å². The van der Waals surface area contributed by atoms with Crippen molar-refractivity contribution in [1.29, 1.82) is 0 Å². The van der Waals surface area contributed by atoms with E-state index >= 15 is 0 Å². The van der Waals surface area contributed by atoms with E-state index in [-0.39, 0.29) is 5.91 Å². The Labute approximate surface area is 87.8 Å². The summed E-state index contributed by atoms with van der Waals surface area (Å²) in [6, 6.07) is 0. The lowest BCUT2D eigenvalue weighted by molar-refractivity contribution is -0.114. The molecule has 1 amide bonds. The Morgan fingerprint density at radius 3 is 2.00 bits per heavy atom. The number of nitrogens with two attached hydrogens (primary N) is 1. The first-order valence-corrected chi connectivity index (χ1v) is 5.28. The van der Waals surface area contributed by atoms with Gasteiger partial charge in [0.2, 0.25) is 5.91 Å². The molecule has 3 nitrogen and oxygen atoms in total.